The van der Waals surface area contributed by atoms with Crippen LogP contribution in [0.3, 0.4) is 0 Å². The molecule has 100 valence electrons. The molecule has 2 nitrogen and oxygen atoms in total. The number of para-hydroxylation sites is 1. The van der Waals surface area contributed by atoms with E-state index in [1.165, 1.54) is 16.7 Å². The molecule has 0 saturated carbocycles. The molecule has 2 aromatic carbocycles. The Morgan fingerprint density at radius 1 is 1.11 bits per heavy atom. The first-order valence-corrected chi connectivity index (χ1v) is 6.54. The van der Waals surface area contributed by atoms with Crippen molar-refractivity contribution in [3.8, 4) is 5.75 Å². The van der Waals surface area contributed by atoms with Gasteiger partial charge in [0, 0.05) is 5.56 Å². The topological polar surface area (TPSA) is 29.5 Å². The van der Waals surface area contributed by atoms with Gasteiger partial charge in [0.15, 0.2) is 0 Å². The molecule has 0 aliphatic carbocycles. The van der Waals surface area contributed by atoms with E-state index in [-0.39, 0.29) is 0 Å². The summed E-state index contributed by atoms with van der Waals surface area (Å²) < 4.78 is 5.85. The van der Waals surface area contributed by atoms with Gasteiger partial charge in [-0.15, -0.1) is 0 Å². The van der Waals surface area contributed by atoms with E-state index in [1.54, 1.807) is 6.92 Å². The maximum Gasteiger partial charge on any atom is 0.125 e. The minimum Gasteiger partial charge on any atom is -0.489 e. The monoisotopic (exact) mass is 256 g/mol. The van der Waals surface area contributed by atoms with Gasteiger partial charge in [0.1, 0.15) is 12.4 Å². The van der Waals surface area contributed by atoms with Gasteiger partial charge in [0.05, 0.1) is 6.10 Å². The normalized spacial score (nSPS) is 12.2. The zero-order chi connectivity index (χ0) is 13.8. The van der Waals surface area contributed by atoms with E-state index in [2.05, 4.69) is 32.0 Å². The van der Waals surface area contributed by atoms with Gasteiger partial charge in [0.25, 0.3) is 0 Å². The molecule has 1 N–H and O–H groups in total. The predicted octanol–water partition coefficient (Wildman–Crippen LogP) is 3.94. The molecule has 0 spiro atoms. The van der Waals surface area contributed by atoms with Crippen LogP contribution in [0.2, 0.25) is 0 Å². The summed E-state index contributed by atoms with van der Waals surface area (Å²) in [7, 11) is 0. The molecule has 1 unspecified atom stereocenters. The third-order valence-electron chi connectivity index (χ3n) is 3.25. The van der Waals surface area contributed by atoms with Crippen molar-refractivity contribution in [1.29, 1.82) is 0 Å². The van der Waals surface area contributed by atoms with E-state index in [1.807, 2.05) is 24.3 Å². The summed E-state index contributed by atoms with van der Waals surface area (Å²) >= 11 is 0. The van der Waals surface area contributed by atoms with E-state index in [9.17, 15) is 5.11 Å². The molecule has 0 radical (unpaired) electrons. The molecule has 0 heterocycles. The van der Waals surface area contributed by atoms with Gasteiger partial charge < -0.3 is 9.84 Å². The Bertz CT molecular complexity index is 559. The summed E-state index contributed by atoms with van der Waals surface area (Å²) in [6.07, 6.45) is -0.518. The lowest BCUT2D eigenvalue weighted by Gasteiger charge is -2.14. The summed E-state index contributed by atoms with van der Waals surface area (Å²) in [5, 5.41) is 9.71. The molecule has 0 saturated heterocycles. The second-order valence-electron chi connectivity index (χ2n) is 4.93. The summed E-state index contributed by atoms with van der Waals surface area (Å²) in [5.41, 5.74) is 4.48. The molecular formula is C17H20O2. The molecule has 0 amide bonds. The molecule has 19 heavy (non-hydrogen) atoms. The second-order valence-corrected chi connectivity index (χ2v) is 4.93. The Balaban J connectivity index is 2.14. The van der Waals surface area contributed by atoms with Crippen molar-refractivity contribution in [3.05, 3.63) is 64.7 Å². The molecule has 2 aromatic rings. The number of benzene rings is 2. The molecule has 0 fully saturated rings. The Kier molecular flexibility index (Phi) is 4.23. The lowest BCUT2D eigenvalue weighted by atomic mass is 10.1. The number of aryl methyl sites for hydroxylation is 2. The molecule has 1 atom stereocenters. The first-order valence-electron chi connectivity index (χ1n) is 6.54. The largest absolute Gasteiger partial charge is 0.489 e. The average molecular weight is 256 g/mol. The second kappa shape index (κ2) is 5.89. The van der Waals surface area contributed by atoms with Crippen LogP contribution in [0.5, 0.6) is 5.75 Å². The van der Waals surface area contributed by atoms with E-state index < -0.39 is 6.10 Å². The van der Waals surface area contributed by atoms with Gasteiger partial charge in [-0.05, 0) is 38.0 Å². The van der Waals surface area contributed by atoms with Crippen molar-refractivity contribution in [2.24, 2.45) is 0 Å². The highest BCUT2D eigenvalue weighted by Crippen LogP contribution is 2.25. The van der Waals surface area contributed by atoms with Crippen LogP contribution in [0.25, 0.3) is 0 Å². The van der Waals surface area contributed by atoms with E-state index >= 15 is 0 Å². The molecule has 0 aliphatic rings. The number of hydrogen-bond donors (Lipinski definition) is 1. The number of aliphatic hydroxyl groups is 1. The van der Waals surface area contributed by atoms with Crippen molar-refractivity contribution in [1.82, 2.24) is 0 Å². The van der Waals surface area contributed by atoms with Crippen LogP contribution in [0.15, 0.2) is 42.5 Å². The smallest absolute Gasteiger partial charge is 0.125 e. The van der Waals surface area contributed by atoms with E-state index in [0.717, 1.165) is 11.3 Å². The lowest BCUT2D eigenvalue weighted by Crippen LogP contribution is -2.02. The number of ether oxygens (including phenoxy) is 1. The maximum atomic E-state index is 9.71. The van der Waals surface area contributed by atoms with E-state index in [0.29, 0.717) is 6.61 Å². The van der Waals surface area contributed by atoms with Crippen molar-refractivity contribution in [2.45, 2.75) is 33.5 Å². The fourth-order valence-corrected chi connectivity index (χ4v) is 2.12. The van der Waals surface area contributed by atoms with Crippen LogP contribution >= 0.6 is 0 Å². The minimum absolute atomic E-state index is 0.518. The van der Waals surface area contributed by atoms with Gasteiger partial charge in [-0.25, -0.2) is 0 Å². The molecule has 2 heteroatoms. The third-order valence-corrected chi connectivity index (χ3v) is 3.25. The average Bonchev–Trinajstić information content (AvgIpc) is 2.38. The van der Waals surface area contributed by atoms with Gasteiger partial charge in [-0.1, -0.05) is 42.0 Å². The Morgan fingerprint density at radius 3 is 2.53 bits per heavy atom. The Labute approximate surface area is 114 Å². The summed E-state index contributed by atoms with van der Waals surface area (Å²) in [6, 6.07) is 13.9. The third kappa shape index (κ3) is 3.36. The van der Waals surface area contributed by atoms with Crippen LogP contribution in [0.4, 0.5) is 0 Å². The molecule has 2 rings (SSSR count). The zero-order valence-electron chi connectivity index (χ0n) is 11.7. The van der Waals surface area contributed by atoms with Gasteiger partial charge >= 0.3 is 0 Å². The van der Waals surface area contributed by atoms with Crippen molar-refractivity contribution in [3.63, 3.8) is 0 Å². The van der Waals surface area contributed by atoms with Crippen molar-refractivity contribution in [2.75, 3.05) is 0 Å². The van der Waals surface area contributed by atoms with Crippen LogP contribution in [0, 0.1) is 13.8 Å². The fraction of sp³-hybridized carbons (Fsp3) is 0.294. The predicted molar refractivity (Wildman–Crippen MR) is 77.3 cm³/mol. The molecule has 0 aliphatic heterocycles. The van der Waals surface area contributed by atoms with Crippen LogP contribution in [-0.2, 0) is 6.61 Å². The summed E-state index contributed by atoms with van der Waals surface area (Å²) in [4.78, 5) is 0. The highest BCUT2D eigenvalue weighted by Gasteiger charge is 2.08. The zero-order valence-corrected chi connectivity index (χ0v) is 11.7. The van der Waals surface area contributed by atoms with Crippen molar-refractivity contribution >= 4 is 0 Å². The number of hydrogen-bond acceptors (Lipinski definition) is 2. The standard InChI is InChI=1S/C17H20O2/c1-12-8-9-15(13(2)10-12)11-19-17-7-5-4-6-16(17)14(3)18/h4-10,14,18H,11H2,1-3H3. The number of aliphatic hydroxyl groups excluding tert-OH is 1. The quantitative estimate of drug-likeness (QED) is 0.898. The first-order chi connectivity index (χ1) is 9.08. The van der Waals surface area contributed by atoms with Crippen molar-refractivity contribution < 1.29 is 9.84 Å². The molecule has 0 aromatic heterocycles. The lowest BCUT2D eigenvalue weighted by molar-refractivity contribution is 0.190. The van der Waals surface area contributed by atoms with Crippen LogP contribution < -0.4 is 4.74 Å². The van der Waals surface area contributed by atoms with Gasteiger partial charge in [0.2, 0.25) is 0 Å². The highest BCUT2D eigenvalue weighted by atomic mass is 16.5. The molecule has 0 bridgehead atoms. The fourth-order valence-electron chi connectivity index (χ4n) is 2.12. The Hall–Kier alpha value is -1.80. The number of rotatable bonds is 4. The molecular weight excluding hydrogens is 236 g/mol. The maximum absolute atomic E-state index is 9.71. The summed E-state index contributed by atoms with van der Waals surface area (Å²) in [6.45, 7) is 6.45. The summed E-state index contributed by atoms with van der Waals surface area (Å²) in [5.74, 6) is 0.748. The highest BCUT2D eigenvalue weighted by molar-refractivity contribution is 5.36. The SMILES string of the molecule is Cc1ccc(COc2ccccc2C(C)O)c(C)c1. The van der Waals surface area contributed by atoms with E-state index in [4.69, 9.17) is 4.74 Å². The van der Waals surface area contributed by atoms with Gasteiger partial charge in [-0.3, -0.25) is 0 Å². The minimum atomic E-state index is -0.518. The Morgan fingerprint density at radius 2 is 1.84 bits per heavy atom. The van der Waals surface area contributed by atoms with Crippen LogP contribution in [-0.4, -0.2) is 5.11 Å². The first kappa shape index (κ1) is 13.6. The van der Waals surface area contributed by atoms with Crippen LogP contribution in [0.1, 0.15) is 35.3 Å². The van der Waals surface area contributed by atoms with Gasteiger partial charge in [-0.2, -0.15) is 0 Å².